The molecule has 0 aliphatic heterocycles. The summed E-state index contributed by atoms with van der Waals surface area (Å²) in [5.41, 5.74) is -0.513. The second-order valence-electron chi connectivity index (χ2n) is 5.47. The van der Waals surface area contributed by atoms with Gasteiger partial charge in [0.25, 0.3) is 0 Å². The van der Waals surface area contributed by atoms with Crippen molar-refractivity contribution in [3.05, 3.63) is 59.6 Å². The monoisotopic (exact) mass is 396 g/mol. The van der Waals surface area contributed by atoms with Crippen molar-refractivity contribution in [2.75, 3.05) is 25.0 Å². The lowest BCUT2D eigenvalue weighted by Crippen LogP contribution is -2.21. The number of halogens is 1. The average Bonchev–Trinajstić information content (AvgIpc) is 2.66. The zero-order valence-corrected chi connectivity index (χ0v) is 17.0. The van der Waals surface area contributed by atoms with E-state index in [-0.39, 0.29) is 5.30 Å². The van der Waals surface area contributed by atoms with Crippen LogP contribution in [0.1, 0.15) is 20.8 Å². The first-order valence-electron chi connectivity index (χ1n) is 8.52. The van der Waals surface area contributed by atoms with E-state index in [4.69, 9.17) is 11.6 Å². The third-order valence-electron chi connectivity index (χ3n) is 3.82. The molecule has 2 aromatic carbocycles. The third kappa shape index (κ3) is 6.93. The molecular weight excluding hydrogens is 371 g/mol. The molecule has 0 spiro atoms. The molecular formula is C19H26ClN2O3P. The Bertz CT molecular complexity index is 714. The molecule has 0 aromatic heterocycles. The number of nitrogens with zero attached hydrogens (tertiary/aromatic N) is 1. The van der Waals surface area contributed by atoms with Crippen molar-refractivity contribution >= 4 is 35.6 Å². The van der Waals surface area contributed by atoms with Crippen molar-refractivity contribution in [3.8, 4) is 0 Å². The quantitative estimate of drug-likeness (QED) is 0.687. The van der Waals surface area contributed by atoms with Crippen molar-refractivity contribution in [1.82, 2.24) is 4.90 Å². The number of carbonyl (C=O) groups excluding carboxylic acids is 1. The van der Waals surface area contributed by atoms with Crippen molar-refractivity contribution in [2.24, 2.45) is 0 Å². The van der Waals surface area contributed by atoms with Gasteiger partial charge in [0.2, 0.25) is 0 Å². The second kappa shape index (κ2) is 11.1. The Morgan fingerprint density at radius 1 is 1.00 bits per heavy atom. The van der Waals surface area contributed by atoms with Crippen molar-refractivity contribution < 1.29 is 14.3 Å². The van der Waals surface area contributed by atoms with E-state index in [1.54, 1.807) is 42.5 Å². The molecule has 2 N–H and O–H groups in total. The minimum atomic E-state index is -4.10. The molecule has 142 valence electrons. The molecule has 0 radical (unpaired) electrons. The molecule has 2 rings (SSSR count). The first-order chi connectivity index (χ1) is 12.3. The van der Waals surface area contributed by atoms with Gasteiger partial charge in [-0.15, -0.1) is 0 Å². The smallest absolute Gasteiger partial charge is 0.315 e. The summed E-state index contributed by atoms with van der Waals surface area (Å²) in [6.45, 7) is 10.1. The number of hydrogen-bond donors (Lipinski definition) is 2. The standard InChI is InChI=1S/C13H11ClNO3P.C6H15N/c14-10-6-8-11(9-7-10)15-13(16)19(17,18)12-4-2-1-3-5-12;1-4-7(5-2)6-3/h1-9H,(H,15,16)(H,17,18);4-6H2,1-3H3. The Labute approximate surface area is 160 Å². The van der Waals surface area contributed by atoms with Gasteiger partial charge in [0, 0.05) is 16.0 Å². The summed E-state index contributed by atoms with van der Waals surface area (Å²) in [5, 5.41) is 3.02. The van der Waals surface area contributed by atoms with E-state index in [2.05, 4.69) is 31.0 Å². The fraction of sp³-hybridized carbons (Fsp3) is 0.316. The number of nitrogens with one attached hydrogen (secondary N) is 1. The Kier molecular flexibility index (Phi) is 9.60. The van der Waals surface area contributed by atoms with Crippen LogP contribution in [0.15, 0.2) is 54.6 Å². The molecule has 7 heteroatoms. The first-order valence-corrected chi connectivity index (χ1v) is 10.6. The van der Waals surface area contributed by atoms with Gasteiger partial charge < -0.3 is 15.1 Å². The molecule has 1 unspecified atom stereocenters. The van der Waals surface area contributed by atoms with Gasteiger partial charge in [0.05, 0.1) is 0 Å². The fourth-order valence-electron chi connectivity index (χ4n) is 2.15. The Morgan fingerprint density at radius 3 is 1.92 bits per heavy atom. The molecule has 2 aromatic rings. The summed E-state index contributed by atoms with van der Waals surface area (Å²) in [7, 11) is -4.10. The topological polar surface area (TPSA) is 69.6 Å². The number of amides is 1. The molecule has 0 saturated carbocycles. The van der Waals surface area contributed by atoms with Gasteiger partial charge in [-0.3, -0.25) is 9.36 Å². The predicted octanol–water partition coefficient (Wildman–Crippen LogP) is 4.82. The highest BCUT2D eigenvalue weighted by Gasteiger charge is 2.31. The van der Waals surface area contributed by atoms with Gasteiger partial charge in [-0.05, 0) is 56.0 Å². The summed E-state index contributed by atoms with van der Waals surface area (Å²) >= 11 is 5.72. The Hall–Kier alpha value is -1.65. The molecule has 0 bridgehead atoms. The summed E-state index contributed by atoms with van der Waals surface area (Å²) in [6, 6.07) is 14.1. The van der Waals surface area contributed by atoms with Crippen LogP contribution >= 0.6 is 19.0 Å². The van der Waals surface area contributed by atoms with Crippen LogP contribution in [-0.4, -0.2) is 35.1 Å². The molecule has 0 heterocycles. The Morgan fingerprint density at radius 2 is 1.50 bits per heavy atom. The van der Waals surface area contributed by atoms with E-state index >= 15 is 0 Å². The Balaban J connectivity index is 0.000000412. The van der Waals surface area contributed by atoms with Crippen molar-refractivity contribution in [1.29, 1.82) is 0 Å². The SMILES string of the molecule is CCN(CC)CC.O=C(Nc1ccc(Cl)cc1)P(=O)(O)c1ccccc1. The summed E-state index contributed by atoms with van der Waals surface area (Å²) < 4.78 is 12.1. The van der Waals surface area contributed by atoms with Gasteiger partial charge in [-0.25, -0.2) is 0 Å². The highest BCUT2D eigenvalue weighted by Crippen LogP contribution is 2.41. The highest BCUT2D eigenvalue weighted by atomic mass is 35.5. The predicted molar refractivity (Wildman–Crippen MR) is 110 cm³/mol. The van der Waals surface area contributed by atoms with Gasteiger partial charge in [0.15, 0.2) is 0 Å². The highest BCUT2D eigenvalue weighted by molar-refractivity contribution is 7.82. The van der Waals surface area contributed by atoms with Crippen LogP contribution in [0.5, 0.6) is 0 Å². The van der Waals surface area contributed by atoms with E-state index in [1.807, 2.05) is 0 Å². The van der Waals surface area contributed by atoms with Gasteiger partial charge in [-0.1, -0.05) is 50.6 Å². The van der Waals surface area contributed by atoms with Crippen LogP contribution in [0.25, 0.3) is 0 Å². The van der Waals surface area contributed by atoms with Crippen LogP contribution in [0, 0.1) is 0 Å². The normalized spacial score (nSPS) is 12.7. The first kappa shape index (κ1) is 22.4. The number of anilines is 1. The zero-order chi connectivity index (χ0) is 19.6. The minimum absolute atomic E-state index is 0.0986. The lowest BCUT2D eigenvalue weighted by Gasteiger charge is -2.13. The number of carbonyl (C=O) groups is 1. The van der Waals surface area contributed by atoms with Crippen molar-refractivity contribution in [3.63, 3.8) is 0 Å². The van der Waals surface area contributed by atoms with E-state index in [0.29, 0.717) is 10.7 Å². The summed E-state index contributed by atoms with van der Waals surface area (Å²) in [5.74, 6) is 0. The molecule has 26 heavy (non-hydrogen) atoms. The van der Waals surface area contributed by atoms with E-state index < -0.39 is 13.0 Å². The molecule has 0 aliphatic rings. The van der Waals surface area contributed by atoms with Crippen LogP contribution in [-0.2, 0) is 4.57 Å². The van der Waals surface area contributed by atoms with Crippen LogP contribution in [0.4, 0.5) is 10.5 Å². The third-order valence-corrected chi connectivity index (χ3v) is 5.73. The lowest BCUT2D eigenvalue weighted by molar-refractivity contribution is 0.265. The van der Waals surface area contributed by atoms with Crippen LogP contribution in [0.3, 0.4) is 0 Å². The molecule has 1 amide bonds. The maximum atomic E-state index is 12.1. The average molecular weight is 397 g/mol. The van der Waals surface area contributed by atoms with Crippen molar-refractivity contribution in [2.45, 2.75) is 20.8 Å². The largest absolute Gasteiger partial charge is 0.335 e. The zero-order valence-electron chi connectivity index (χ0n) is 15.4. The summed E-state index contributed by atoms with van der Waals surface area (Å²) in [6.07, 6.45) is 0. The lowest BCUT2D eigenvalue weighted by atomic mass is 10.3. The fourth-order valence-corrected chi connectivity index (χ4v) is 3.37. The number of rotatable bonds is 6. The van der Waals surface area contributed by atoms with E-state index in [1.165, 1.54) is 31.8 Å². The second-order valence-corrected chi connectivity index (χ2v) is 7.98. The minimum Gasteiger partial charge on any atom is -0.335 e. The molecule has 1 atom stereocenters. The maximum absolute atomic E-state index is 12.1. The van der Waals surface area contributed by atoms with Crippen LogP contribution in [0.2, 0.25) is 5.02 Å². The van der Waals surface area contributed by atoms with Gasteiger partial charge in [0.1, 0.15) is 0 Å². The van der Waals surface area contributed by atoms with Gasteiger partial charge >= 0.3 is 13.0 Å². The van der Waals surface area contributed by atoms with Crippen LogP contribution < -0.4 is 10.6 Å². The molecule has 0 aliphatic carbocycles. The number of benzene rings is 2. The van der Waals surface area contributed by atoms with Gasteiger partial charge in [-0.2, -0.15) is 0 Å². The maximum Gasteiger partial charge on any atom is 0.315 e. The molecule has 5 nitrogen and oxygen atoms in total. The number of hydrogen-bond acceptors (Lipinski definition) is 3. The summed E-state index contributed by atoms with van der Waals surface area (Å²) in [4.78, 5) is 24.1. The van der Waals surface area contributed by atoms with E-state index in [9.17, 15) is 14.3 Å². The molecule has 0 fully saturated rings. The molecule has 0 saturated heterocycles. The van der Waals surface area contributed by atoms with E-state index in [0.717, 1.165) is 0 Å².